The van der Waals surface area contributed by atoms with Crippen LogP contribution in [-0.2, 0) is 9.59 Å². The monoisotopic (exact) mass is 384 g/mol. The quantitative estimate of drug-likeness (QED) is 0.726. The van der Waals surface area contributed by atoms with E-state index >= 15 is 0 Å². The number of ether oxygens (including phenoxy) is 1. The normalized spacial score (nSPS) is 16.6. The van der Waals surface area contributed by atoms with Crippen molar-refractivity contribution < 1.29 is 18.7 Å². The van der Waals surface area contributed by atoms with Crippen LogP contribution in [0.5, 0.6) is 5.75 Å². The van der Waals surface area contributed by atoms with Crippen LogP contribution < -0.4 is 15.0 Å². The summed E-state index contributed by atoms with van der Waals surface area (Å²) in [5.74, 6) is 0.0504. The first kappa shape index (κ1) is 17.2. The second-order valence-corrected chi connectivity index (χ2v) is 6.80. The van der Waals surface area contributed by atoms with Gasteiger partial charge in [0.25, 0.3) is 5.89 Å². The topological polar surface area (TPSA) is 97.6 Å². The van der Waals surface area contributed by atoms with Crippen LogP contribution >= 0.6 is 11.3 Å². The Labute approximate surface area is 158 Å². The fourth-order valence-corrected chi connectivity index (χ4v) is 3.52. The fraction of sp³-hybridized carbons (Fsp3) is 0.222. The minimum atomic E-state index is -0.500. The number of nitrogens with one attached hydrogen (secondary N) is 1. The molecule has 2 aromatic heterocycles. The third kappa shape index (κ3) is 3.54. The van der Waals surface area contributed by atoms with E-state index in [0.29, 0.717) is 17.3 Å². The minimum absolute atomic E-state index is 0.0217. The highest BCUT2D eigenvalue weighted by Gasteiger charge is 2.35. The van der Waals surface area contributed by atoms with Crippen molar-refractivity contribution in [1.82, 2.24) is 10.2 Å². The number of amides is 2. The molecule has 1 fully saturated rings. The van der Waals surface area contributed by atoms with Crippen LogP contribution in [0.15, 0.2) is 45.5 Å². The molecule has 1 atom stereocenters. The van der Waals surface area contributed by atoms with Gasteiger partial charge in [-0.1, -0.05) is 11.2 Å². The molecule has 27 heavy (non-hydrogen) atoms. The molecule has 138 valence electrons. The van der Waals surface area contributed by atoms with Gasteiger partial charge in [0.05, 0.1) is 13.0 Å². The lowest BCUT2D eigenvalue weighted by Gasteiger charge is -2.17. The Balaban J connectivity index is 1.43. The zero-order valence-corrected chi connectivity index (χ0v) is 15.2. The summed E-state index contributed by atoms with van der Waals surface area (Å²) in [7, 11) is 1.57. The van der Waals surface area contributed by atoms with Crippen LogP contribution in [0.4, 0.5) is 11.7 Å². The highest BCUT2D eigenvalue weighted by atomic mass is 32.1. The predicted molar refractivity (Wildman–Crippen MR) is 99.7 cm³/mol. The van der Waals surface area contributed by atoms with Gasteiger partial charge in [0.1, 0.15) is 5.75 Å². The minimum Gasteiger partial charge on any atom is -0.497 e. The molecule has 4 rings (SSSR count). The molecular weight excluding hydrogens is 368 g/mol. The van der Waals surface area contributed by atoms with Gasteiger partial charge < -0.3 is 14.1 Å². The Morgan fingerprint density at radius 2 is 2.26 bits per heavy atom. The van der Waals surface area contributed by atoms with Crippen LogP contribution in [0.3, 0.4) is 0 Å². The first-order chi connectivity index (χ1) is 13.1. The van der Waals surface area contributed by atoms with E-state index in [2.05, 4.69) is 15.5 Å². The Morgan fingerprint density at radius 1 is 1.37 bits per heavy atom. The number of carbonyl (C=O) groups is 2. The summed E-state index contributed by atoms with van der Waals surface area (Å²) in [4.78, 5) is 26.5. The number of rotatable bonds is 5. The Kier molecular flexibility index (Phi) is 4.59. The van der Waals surface area contributed by atoms with E-state index in [1.807, 2.05) is 22.9 Å². The Hall–Kier alpha value is -3.20. The molecule has 0 spiro atoms. The number of hydrogen-bond donors (Lipinski definition) is 1. The van der Waals surface area contributed by atoms with E-state index in [0.717, 1.165) is 5.56 Å². The van der Waals surface area contributed by atoms with Gasteiger partial charge in [0, 0.05) is 35.7 Å². The molecule has 1 N–H and O–H groups in total. The maximum absolute atomic E-state index is 12.5. The zero-order chi connectivity index (χ0) is 18.8. The number of anilines is 2. The number of nitrogens with zero attached hydrogens (tertiary/aromatic N) is 3. The van der Waals surface area contributed by atoms with Crippen molar-refractivity contribution in [2.24, 2.45) is 5.92 Å². The van der Waals surface area contributed by atoms with Crippen LogP contribution in [0.1, 0.15) is 6.42 Å². The lowest BCUT2D eigenvalue weighted by Crippen LogP contribution is -2.28. The van der Waals surface area contributed by atoms with Gasteiger partial charge >= 0.3 is 6.01 Å². The largest absolute Gasteiger partial charge is 0.497 e. The second kappa shape index (κ2) is 7.20. The molecule has 0 aliphatic carbocycles. The molecule has 1 saturated heterocycles. The maximum Gasteiger partial charge on any atom is 0.322 e. The van der Waals surface area contributed by atoms with Crippen molar-refractivity contribution in [3.8, 4) is 17.2 Å². The van der Waals surface area contributed by atoms with E-state index in [-0.39, 0.29) is 30.8 Å². The highest BCUT2D eigenvalue weighted by Crippen LogP contribution is 2.29. The van der Waals surface area contributed by atoms with E-state index < -0.39 is 5.92 Å². The number of methoxy groups -OCH3 is 1. The fourth-order valence-electron chi connectivity index (χ4n) is 2.90. The predicted octanol–water partition coefficient (Wildman–Crippen LogP) is 2.80. The van der Waals surface area contributed by atoms with Gasteiger partial charge in [-0.25, -0.2) is 0 Å². The van der Waals surface area contributed by atoms with Gasteiger partial charge in [0.15, 0.2) is 0 Å². The standard InChI is InChI=1S/C18H16N4O4S/c1-25-14-4-2-3-13(8-14)22-9-12(7-15(22)23)16(24)19-18-21-20-17(26-18)11-5-6-27-10-11/h2-6,8,10,12H,7,9H2,1H3,(H,19,21,24). The number of carbonyl (C=O) groups excluding carboxylic acids is 2. The Bertz CT molecular complexity index is 969. The van der Waals surface area contributed by atoms with Gasteiger partial charge in [-0.15, -0.1) is 5.10 Å². The van der Waals surface area contributed by atoms with E-state index in [9.17, 15) is 9.59 Å². The van der Waals surface area contributed by atoms with Crippen molar-refractivity contribution in [1.29, 1.82) is 0 Å². The zero-order valence-electron chi connectivity index (χ0n) is 14.4. The lowest BCUT2D eigenvalue weighted by atomic mass is 10.1. The summed E-state index contributed by atoms with van der Waals surface area (Å²) >= 11 is 1.51. The third-order valence-electron chi connectivity index (χ3n) is 4.28. The molecule has 1 aliphatic heterocycles. The average Bonchev–Trinajstić information content (AvgIpc) is 3.42. The number of aromatic nitrogens is 2. The molecule has 0 bridgehead atoms. The van der Waals surface area contributed by atoms with Gasteiger partial charge in [-0.2, -0.15) is 11.3 Å². The number of benzene rings is 1. The molecule has 1 aliphatic rings. The molecule has 3 aromatic rings. The summed E-state index contributed by atoms with van der Waals surface area (Å²) in [6, 6.07) is 9.06. The average molecular weight is 384 g/mol. The summed E-state index contributed by atoms with van der Waals surface area (Å²) in [6.07, 6.45) is 0.120. The second-order valence-electron chi connectivity index (χ2n) is 6.02. The van der Waals surface area contributed by atoms with Gasteiger partial charge in [-0.3, -0.25) is 14.9 Å². The molecule has 0 radical (unpaired) electrons. The molecular formula is C18H16N4O4S. The van der Waals surface area contributed by atoms with Crippen molar-refractivity contribution in [2.45, 2.75) is 6.42 Å². The van der Waals surface area contributed by atoms with Gasteiger partial charge in [0.2, 0.25) is 11.8 Å². The SMILES string of the molecule is COc1cccc(N2CC(C(=O)Nc3nnc(-c4ccsc4)o3)CC2=O)c1. The van der Waals surface area contributed by atoms with Crippen molar-refractivity contribution in [2.75, 3.05) is 23.9 Å². The number of thiophene rings is 1. The Morgan fingerprint density at radius 3 is 3.04 bits per heavy atom. The van der Waals surface area contributed by atoms with Crippen molar-refractivity contribution in [3.63, 3.8) is 0 Å². The summed E-state index contributed by atoms with van der Waals surface area (Å²) in [5.41, 5.74) is 1.50. The molecule has 2 amide bonds. The summed E-state index contributed by atoms with van der Waals surface area (Å²) < 4.78 is 10.7. The first-order valence-corrected chi connectivity index (χ1v) is 9.19. The molecule has 1 aromatic carbocycles. The van der Waals surface area contributed by atoms with Gasteiger partial charge in [-0.05, 0) is 23.6 Å². The van der Waals surface area contributed by atoms with E-state index in [4.69, 9.17) is 9.15 Å². The van der Waals surface area contributed by atoms with Crippen LogP contribution in [0, 0.1) is 5.92 Å². The van der Waals surface area contributed by atoms with Crippen molar-refractivity contribution in [3.05, 3.63) is 41.1 Å². The molecule has 1 unspecified atom stereocenters. The van der Waals surface area contributed by atoms with E-state index in [1.165, 1.54) is 11.3 Å². The van der Waals surface area contributed by atoms with Crippen molar-refractivity contribution >= 4 is 34.9 Å². The van der Waals surface area contributed by atoms with Crippen LogP contribution in [-0.4, -0.2) is 35.7 Å². The molecule has 9 heteroatoms. The van der Waals surface area contributed by atoms with E-state index in [1.54, 1.807) is 30.2 Å². The summed E-state index contributed by atoms with van der Waals surface area (Å²) in [5, 5.41) is 14.1. The number of hydrogen-bond acceptors (Lipinski definition) is 7. The third-order valence-corrected chi connectivity index (χ3v) is 4.97. The summed E-state index contributed by atoms with van der Waals surface area (Å²) in [6.45, 7) is 0.281. The first-order valence-electron chi connectivity index (χ1n) is 8.25. The molecule has 3 heterocycles. The maximum atomic E-state index is 12.5. The lowest BCUT2D eigenvalue weighted by molar-refractivity contribution is -0.122. The molecule has 0 saturated carbocycles. The molecule has 8 nitrogen and oxygen atoms in total. The van der Waals surface area contributed by atoms with Crippen LogP contribution in [0.2, 0.25) is 0 Å². The smallest absolute Gasteiger partial charge is 0.322 e. The van der Waals surface area contributed by atoms with Crippen LogP contribution in [0.25, 0.3) is 11.5 Å². The highest BCUT2D eigenvalue weighted by molar-refractivity contribution is 7.08.